The molecular formula is C35H26. The summed E-state index contributed by atoms with van der Waals surface area (Å²) in [6, 6.07) is 51.9. The summed E-state index contributed by atoms with van der Waals surface area (Å²) in [5, 5.41) is 5.16. The van der Waals surface area contributed by atoms with E-state index < -0.39 is 0 Å². The summed E-state index contributed by atoms with van der Waals surface area (Å²) in [4.78, 5) is 0. The molecule has 166 valence electrons. The van der Waals surface area contributed by atoms with E-state index in [-0.39, 0.29) is 5.41 Å². The highest BCUT2D eigenvalue weighted by atomic mass is 14.5. The first-order valence-corrected chi connectivity index (χ1v) is 12.5. The minimum Gasteiger partial charge on any atom is -0.0622 e. The Morgan fingerprint density at radius 2 is 0.971 bits per heavy atom. The van der Waals surface area contributed by atoms with E-state index in [0.717, 1.165) is 6.42 Å². The van der Waals surface area contributed by atoms with Crippen LogP contribution in [-0.2, 0) is 11.8 Å². The summed E-state index contributed by atoms with van der Waals surface area (Å²) >= 11 is 0. The Morgan fingerprint density at radius 3 is 1.60 bits per heavy atom. The van der Waals surface area contributed by atoms with Gasteiger partial charge < -0.3 is 0 Å². The predicted octanol–water partition coefficient (Wildman–Crippen LogP) is 8.67. The Morgan fingerprint density at radius 1 is 0.457 bits per heavy atom. The fourth-order valence-corrected chi connectivity index (χ4v) is 6.45. The van der Waals surface area contributed by atoms with E-state index in [9.17, 15) is 0 Å². The van der Waals surface area contributed by atoms with Gasteiger partial charge in [0.25, 0.3) is 0 Å². The molecule has 0 bridgehead atoms. The largest absolute Gasteiger partial charge is 0.0622 e. The third kappa shape index (κ3) is 3.07. The SMILES string of the molecule is c1ccc(C2Cc3ccccc3C2(c2ccc3ccccc3c2)c2ccc3ccccc3c2)cc1. The molecule has 7 rings (SSSR count). The van der Waals surface area contributed by atoms with Gasteiger partial charge in [0, 0.05) is 5.92 Å². The first-order chi connectivity index (χ1) is 17.3. The highest BCUT2D eigenvalue weighted by Crippen LogP contribution is 2.57. The highest BCUT2D eigenvalue weighted by Gasteiger charge is 2.49. The molecule has 0 aliphatic heterocycles. The number of hydrogen-bond acceptors (Lipinski definition) is 0. The van der Waals surface area contributed by atoms with Crippen molar-refractivity contribution in [2.75, 3.05) is 0 Å². The van der Waals surface area contributed by atoms with Gasteiger partial charge in [-0.1, -0.05) is 127 Å². The lowest BCUT2D eigenvalue weighted by Gasteiger charge is -2.39. The zero-order valence-electron chi connectivity index (χ0n) is 19.6. The zero-order valence-corrected chi connectivity index (χ0v) is 19.6. The maximum Gasteiger partial charge on any atom is 0.0525 e. The van der Waals surface area contributed by atoms with E-state index >= 15 is 0 Å². The molecule has 6 aromatic carbocycles. The molecular weight excluding hydrogens is 420 g/mol. The summed E-state index contributed by atoms with van der Waals surface area (Å²) in [5.74, 6) is 0.309. The maximum absolute atomic E-state index is 2.43. The van der Waals surface area contributed by atoms with Crippen molar-refractivity contribution in [3.05, 3.63) is 167 Å². The van der Waals surface area contributed by atoms with Crippen LogP contribution in [0.3, 0.4) is 0 Å². The molecule has 0 heteroatoms. The topological polar surface area (TPSA) is 0 Å². The van der Waals surface area contributed by atoms with Gasteiger partial charge in [-0.25, -0.2) is 0 Å². The molecule has 0 radical (unpaired) electrons. The second-order valence-corrected chi connectivity index (χ2v) is 9.76. The first-order valence-electron chi connectivity index (χ1n) is 12.5. The van der Waals surface area contributed by atoms with Gasteiger partial charge in [-0.2, -0.15) is 0 Å². The molecule has 0 saturated heterocycles. The van der Waals surface area contributed by atoms with E-state index in [4.69, 9.17) is 0 Å². The van der Waals surface area contributed by atoms with Crippen LogP contribution in [0.5, 0.6) is 0 Å². The predicted molar refractivity (Wildman–Crippen MR) is 147 cm³/mol. The molecule has 1 unspecified atom stereocenters. The lowest BCUT2D eigenvalue weighted by Crippen LogP contribution is -2.33. The average Bonchev–Trinajstić information content (AvgIpc) is 3.29. The molecule has 0 N–H and O–H groups in total. The van der Waals surface area contributed by atoms with Gasteiger partial charge in [0.15, 0.2) is 0 Å². The fourth-order valence-electron chi connectivity index (χ4n) is 6.45. The number of fused-ring (bicyclic) bond motifs is 3. The van der Waals surface area contributed by atoms with Crippen LogP contribution >= 0.6 is 0 Å². The molecule has 0 nitrogen and oxygen atoms in total. The van der Waals surface area contributed by atoms with Gasteiger partial charge >= 0.3 is 0 Å². The van der Waals surface area contributed by atoms with Crippen molar-refractivity contribution in [2.45, 2.75) is 17.8 Å². The quantitative estimate of drug-likeness (QED) is 0.255. The van der Waals surface area contributed by atoms with Crippen molar-refractivity contribution < 1.29 is 0 Å². The number of rotatable bonds is 3. The molecule has 0 heterocycles. The van der Waals surface area contributed by atoms with Crippen molar-refractivity contribution >= 4 is 21.5 Å². The summed E-state index contributed by atoms with van der Waals surface area (Å²) in [6.45, 7) is 0. The van der Waals surface area contributed by atoms with Crippen molar-refractivity contribution in [1.82, 2.24) is 0 Å². The van der Waals surface area contributed by atoms with E-state index in [2.05, 4.69) is 140 Å². The van der Waals surface area contributed by atoms with E-state index in [1.807, 2.05) is 0 Å². The molecule has 1 atom stereocenters. The number of benzene rings is 6. The van der Waals surface area contributed by atoms with E-state index in [0.29, 0.717) is 5.92 Å². The normalized spacial score (nSPS) is 16.4. The maximum atomic E-state index is 2.43. The molecule has 0 spiro atoms. The third-order valence-electron chi connectivity index (χ3n) is 8.00. The summed E-state index contributed by atoms with van der Waals surface area (Å²) in [7, 11) is 0. The number of hydrogen-bond donors (Lipinski definition) is 0. The molecule has 1 aliphatic rings. The lowest BCUT2D eigenvalue weighted by atomic mass is 9.63. The van der Waals surface area contributed by atoms with Gasteiger partial charge in [0.1, 0.15) is 0 Å². The van der Waals surface area contributed by atoms with Crippen LogP contribution in [0, 0.1) is 0 Å². The van der Waals surface area contributed by atoms with Crippen molar-refractivity contribution in [1.29, 1.82) is 0 Å². The minimum atomic E-state index is -0.272. The summed E-state index contributed by atoms with van der Waals surface area (Å²) in [6.07, 6.45) is 1.03. The van der Waals surface area contributed by atoms with Gasteiger partial charge in [0.05, 0.1) is 5.41 Å². The molecule has 0 saturated carbocycles. The smallest absolute Gasteiger partial charge is 0.0525 e. The second kappa shape index (κ2) is 7.96. The molecule has 1 aliphatic carbocycles. The molecule has 0 fully saturated rings. The van der Waals surface area contributed by atoms with Crippen LogP contribution in [0.4, 0.5) is 0 Å². The second-order valence-electron chi connectivity index (χ2n) is 9.76. The van der Waals surface area contributed by atoms with Crippen molar-refractivity contribution in [2.24, 2.45) is 0 Å². The lowest BCUT2D eigenvalue weighted by molar-refractivity contribution is 0.521. The van der Waals surface area contributed by atoms with Crippen LogP contribution in [0.15, 0.2) is 140 Å². The summed E-state index contributed by atoms with van der Waals surface area (Å²) in [5.41, 5.74) is 6.73. The van der Waals surface area contributed by atoms with Gasteiger partial charge in [-0.3, -0.25) is 0 Å². The van der Waals surface area contributed by atoms with Gasteiger partial charge in [0.2, 0.25) is 0 Å². The molecule has 0 amide bonds. The Balaban J connectivity index is 1.61. The Labute approximate surface area is 206 Å². The van der Waals surface area contributed by atoms with Crippen LogP contribution < -0.4 is 0 Å². The minimum absolute atomic E-state index is 0.272. The summed E-state index contributed by atoms with van der Waals surface area (Å²) < 4.78 is 0. The molecule has 0 aromatic heterocycles. The molecule has 35 heavy (non-hydrogen) atoms. The van der Waals surface area contributed by atoms with E-state index in [1.54, 1.807) is 0 Å². The van der Waals surface area contributed by atoms with Crippen molar-refractivity contribution in [3.8, 4) is 0 Å². The van der Waals surface area contributed by atoms with Gasteiger partial charge in [-0.15, -0.1) is 0 Å². The van der Waals surface area contributed by atoms with Crippen LogP contribution in [0.1, 0.15) is 33.7 Å². The van der Waals surface area contributed by atoms with Crippen LogP contribution in [-0.4, -0.2) is 0 Å². The Hall–Kier alpha value is -4.16. The Kier molecular flexibility index (Phi) is 4.60. The first kappa shape index (κ1) is 20.2. The van der Waals surface area contributed by atoms with E-state index in [1.165, 1.54) is 49.4 Å². The highest BCUT2D eigenvalue weighted by molar-refractivity contribution is 5.86. The molecule has 6 aromatic rings. The van der Waals surface area contributed by atoms with Crippen LogP contribution in [0.2, 0.25) is 0 Å². The van der Waals surface area contributed by atoms with Crippen LogP contribution in [0.25, 0.3) is 21.5 Å². The monoisotopic (exact) mass is 446 g/mol. The zero-order chi connectivity index (χ0) is 23.2. The standard InChI is InChI=1S/C35H26/c1-2-12-27(13-3-1)34-24-30-16-8-9-17-33(30)35(34,31-20-18-25-10-4-6-14-28(25)22-31)32-21-19-26-11-5-7-15-29(26)23-32/h1-23,34H,24H2. The fraction of sp³-hybridized carbons (Fsp3) is 0.0857. The average molecular weight is 447 g/mol. The van der Waals surface area contributed by atoms with Gasteiger partial charge in [-0.05, 0) is 67.9 Å². The Bertz CT molecular complexity index is 1600. The van der Waals surface area contributed by atoms with Crippen molar-refractivity contribution in [3.63, 3.8) is 0 Å². The third-order valence-corrected chi connectivity index (χ3v) is 8.00.